The molecule has 3 rings (SSSR count). The molecule has 0 bridgehead atoms. The van der Waals surface area contributed by atoms with Crippen LogP contribution >= 0.6 is 0 Å². The lowest BCUT2D eigenvalue weighted by atomic mass is 9.52. The van der Waals surface area contributed by atoms with Crippen LogP contribution in [0.25, 0.3) is 0 Å². The first-order valence-corrected chi connectivity index (χ1v) is 8.02. The second-order valence-electron chi connectivity index (χ2n) is 7.37. The van der Waals surface area contributed by atoms with Crippen LogP contribution in [0.5, 0.6) is 0 Å². The van der Waals surface area contributed by atoms with Gasteiger partial charge in [0.2, 0.25) is 0 Å². The highest BCUT2D eigenvalue weighted by atomic mass is 16.6. The van der Waals surface area contributed by atoms with E-state index in [0.29, 0.717) is 24.9 Å². The molecule has 21 heavy (non-hydrogen) atoms. The van der Waals surface area contributed by atoms with E-state index >= 15 is 0 Å². The number of allylic oxidation sites excluding steroid dienone is 1. The lowest BCUT2D eigenvalue weighted by Crippen LogP contribution is -2.55. The Hall–Kier alpha value is -0.870. The summed E-state index contributed by atoms with van der Waals surface area (Å²) < 4.78 is 11.2. The molecule has 0 amide bonds. The molecule has 0 aromatic heterocycles. The van der Waals surface area contributed by atoms with Gasteiger partial charge in [-0.15, -0.1) is 0 Å². The van der Waals surface area contributed by atoms with Gasteiger partial charge in [0.25, 0.3) is 0 Å². The van der Waals surface area contributed by atoms with Crippen molar-refractivity contribution in [1.29, 1.82) is 0 Å². The summed E-state index contributed by atoms with van der Waals surface area (Å²) in [7, 11) is 0. The molecular weight excluding hydrogens is 268 g/mol. The highest BCUT2D eigenvalue weighted by Gasteiger charge is 2.61. The highest BCUT2D eigenvalue weighted by molar-refractivity contribution is 5.66. The molecule has 0 radical (unpaired) electrons. The van der Waals surface area contributed by atoms with Crippen LogP contribution in [0, 0.1) is 23.2 Å². The van der Waals surface area contributed by atoms with E-state index in [9.17, 15) is 9.90 Å². The molecule has 4 nitrogen and oxygen atoms in total. The SMILES string of the molecule is CC(=O)OC1C=C2CCC3(O)OCC(C)C3C2(C)C(C)C1. The van der Waals surface area contributed by atoms with Gasteiger partial charge < -0.3 is 14.6 Å². The molecule has 4 heteroatoms. The highest BCUT2D eigenvalue weighted by Crippen LogP contribution is 2.61. The fourth-order valence-corrected chi connectivity index (χ4v) is 5.04. The third-order valence-electron chi connectivity index (χ3n) is 6.06. The minimum absolute atomic E-state index is 0.0699. The zero-order valence-corrected chi connectivity index (χ0v) is 13.4. The lowest BCUT2D eigenvalue weighted by molar-refractivity contribution is -0.232. The van der Waals surface area contributed by atoms with Gasteiger partial charge in [-0.3, -0.25) is 4.79 Å². The summed E-state index contributed by atoms with van der Waals surface area (Å²) in [6, 6.07) is 0. The third-order valence-corrected chi connectivity index (χ3v) is 6.06. The Bertz CT molecular complexity index is 485. The van der Waals surface area contributed by atoms with Crippen LogP contribution in [0.4, 0.5) is 0 Å². The molecule has 0 spiro atoms. The van der Waals surface area contributed by atoms with Crippen LogP contribution < -0.4 is 0 Å². The molecule has 2 aliphatic carbocycles. The van der Waals surface area contributed by atoms with Gasteiger partial charge in [-0.2, -0.15) is 0 Å². The Morgan fingerprint density at radius 1 is 1.48 bits per heavy atom. The van der Waals surface area contributed by atoms with Crippen molar-refractivity contribution in [3.63, 3.8) is 0 Å². The van der Waals surface area contributed by atoms with Gasteiger partial charge in [0.1, 0.15) is 6.10 Å². The molecule has 3 aliphatic rings. The van der Waals surface area contributed by atoms with Crippen molar-refractivity contribution in [2.24, 2.45) is 23.2 Å². The van der Waals surface area contributed by atoms with Gasteiger partial charge in [-0.25, -0.2) is 0 Å². The number of hydrogen-bond acceptors (Lipinski definition) is 4. The third kappa shape index (κ3) is 2.15. The van der Waals surface area contributed by atoms with E-state index in [4.69, 9.17) is 9.47 Å². The van der Waals surface area contributed by atoms with Crippen LogP contribution in [0.15, 0.2) is 11.6 Å². The van der Waals surface area contributed by atoms with Crippen molar-refractivity contribution in [2.75, 3.05) is 6.61 Å². The zero-order chi connectivity index (χ0) is 15.4. The molecule has 2 fully saturated rings. The van der Waals surface area contributed by atoms with Crippen molar-refractivity contribution < 1.29 is 19.4 Å². The maximum absolute atomic E-state index is 11.2. The number of ether oxygens (including phenoxy) is 2. The van der Waals surface area contributed by atoms with Gasteiger partial charge in [0.15, 0.2) is 5.79 Å². The van der Waals surface area contributed by atoms with E-state index in [-0.39, 0.29) is 23.4 Å². The van der Waals surface area contributed by atoms with Crippen molar-refractivity contribution in [3.8, 4) is 0 Å². The normalized spacial score (nSPS) is 49.1. The summed E-state index contributed by atoms with van der Waals surface area (Å²) >= 11 is 0. The Morgan fingerprint density at radius 2 is 2.19 bits per heavy atom. The van der Waals surface area contributed by atoms with E-state index in [0.717, 1.165) is 12.8 Å². The molecule has 6 unspecified atom stereocenters. The molecule has 1 heterocycles. The summed E-state index contributed by atoms with van der Waals surface area (Å²) in [6.07, 6.45) is 4.29. The van der Waals surface area contributed by atoms with Gasteiger partial charge >= 0.3 is 5.97 Å². The monoisotopic (exact) mass is 294 g/mol. The molecule has 0 aromatic carbocycles. The second-order valence-corrected chi connectivity index (χ2v) is 7.37. The molecule has 0 aromatic rings. The van der Waals surface area contributed by atoms with Gasteiger partial charge in [-0.05, 0) is 36.2 Å². The molecule has 6 atom stereocenters. The minimum atomic E-state index is -0.978. The predicted octanol–water partition coefficient (Wildman–Crippen LogP) is 2.66. The fraction of sp³-hybridized carbons (Fsp3) is 0.824. The smallest absolute Gasteiger partial charge is 0.303 e. The molecule has 1 N–H and O–H groups in total. The largest absolute Gasteiger partial charge is 0.458 e. The zero-order valence-electron chi connectivity index (χ0n) is 13.4. The predicted molar refractivity (Wildman–Crippen MR) is 78.3 cm³/mol. The summed E-state index contributed by atoms with van der Waals surface area (Å²) in [6.45, 7) is 8.73. The average molecular weight is 294 g/mol. The van der Waals surface area contributed by atoms with E-state index in [1.54, 1.807) is 0 Å². The number of carbonyl (C=O) groups is 1. The summed E-state index contributed by atoms with van der Waals surface area (Å²) in [5.41, 5.74) is 1.26. The number of hydrogen-bond donors (Lipinski definition) is 1. The maximum atomic E-state index is 11.2. The Labute approximate surface area is 126 Å². The van der Waals surface area contributed by atoms with Crippen LogP contribution in [0.2, 0.25) is 0 Å². The van der Waals surface area contributed by atoms with Crippen molar-refractivity contribution in [3.05, 3.63) is 11.6 Å². The van der Waals surface area contributed by atoms with Crippen LogP contribution in [0.1, 0.15) is 47.0 Å². The number of rotatable bonds is 1. The van der Waals surface area contributed by atoms with Crippen molar-refractivity contribution >= 4 is 5.97 Å². The first-order chi connectivity index (χ1) is 9.77. The summed E-state index contributed by atoms with van der Waals surface area (Å²) in [4.78, 5) is 11.2. The Morgan fingerprint density at radius 3 is 2.86 bits per heavy atom. The fourth-order valence-electron chi connectivity index (χ4n) is 5.04. The van der Waals surface area contributed by atoms with Gasteiger partial charge in [0.05, 0.1) is 6.61 Å². The molecule has 118 valence electrons. The molecular formula is C17H26O4. The average Bonchev–Trinajstić information content (AvgIpc) is 2.68. The molecule has 1 saturated carbocycles. The van der Waals surface area contributed by atoms with E-state index in [2.05, 4.69) is 26.8 Å². The standard InChI is InChI=1S/C17H26O4/c1-10-9-20-17(19)6-5-13-8-14(21-12(3)18)7-11(2)16(13,4)15(10)17/h8,10-11,14-15,19H,5-7,9H2,1-4H3. The van der Waals surface area contributed by atoms with Gasteiger partial charge in [-0.1, -0.05) is 26.3 Å². The summed E-state index contributed by atoms with van der Waals surface area (Å²) in [5.74, 6) is -0.385. The van der Waals surface area contributed by atoms with E-state index in [1.807, 2.05) is 0 Å². The van der Waals surface area contributed by atoms with Crippen molar-refractivity contribution in [2.45, 2.75) is 58.8 Å². The first-order valence-electron chi connectivity index (χ1n) is 8.02. The number of carbonyl (C=O) groups excluding carboxylic acids is 1. The van der Waals surface area contributed by atoms with Gasteiger partial charge in [0, 0.05) is 19.3 Å². The number of esters is 1. The summed E-state index contributed by atoms with van der Waals surface area (Å²) in [5, 5.41) is 10.9. The van der Waals surface area contributed by atoms with Crippen LogP contribution in [-0.4, -0.2) is 29.6 Å². The molecule has 1 saturated heterocycles. The Kier molecular flexibility index (Phi) is 3.45. The van der Waals surface area contributed by atoms with Crippen LogP contribution in [0.3, 0.4) is 0 Å². The second kappa shape index (κ2) is 4.82. The molecule has 1 aliphatic heterocycles. The Balaban J connectivity index is 1.97. The first kappa shape index (κ1) is 15.0. The lowest BCUT2D eigenvalue weighted by Gasteiger charge is -2.55. The van der Waals surface area contributed by atoms with E-state index in [1.165, 1.54) is 12.5 Å². The topological polar surface area (TPSA) is 55.8 Å². The van der Waals surface area contributed by atoms with Crippen LogP contribution in [-0.2, 0) is 14.3 Å². The number of fused-ring (bicyclic) bond motifs is 3. The maximum Gasteiger partial charge on any atom is 0.303 e. The van der Waals surface area contributed by atoms with E-state index < -0.39 is 5.79 Å². The quantitative estimate of drug-likeness (QED) is 0.597. The van der Waals surface area contributed by atoms with Crippen molar-refractivity contribution in [1.82, 2.24) is 0 Å². The number of aliphatic hydroxyl groups is 1. The minimum Gasteiger partial charge on any atom is -0.458 e.